The van der Waals surface area contributed by atoms with Crippen LogP contribution in [0.1, 0.15) is 18.4 Å². The third-order valence-electron chi connectivity index (χ3n) is 2.65. The summed E-state index contributed by atoms with van der Waals surface area (Å²) in [6, 6.07) is 8.05. The van der Waals surface area contributed by atoms with Gasteiger partial charge in [-0.2, -0.15) is 0 Å². The fourth-order valence-electron chi connectivity index (χ4n) is 1.57. The van der Waals surface area contributed by atoms with Crippen LogP contribution < -0.4 is 4.90 Å². The molecule has 0 atom stereocenters. The van der Waals surface area contributed by atoms with E-state index in [0.29, 0.717) is 5.92 Å². The number of hydrogen-bond acceptors (Lipinski definition) is 1. The van der Waals surface area contributed by atoms with Crippen LogP contribution in [0.3, 0.4) is 0 Å². The fraction of sp³-hybridized carbons (Fsp3) is 0.417. The summed E-state index contributed by atoms with van der Waals surface area (Å²) in [5.74, 6) is 0.552. The Balaban J connectivity index is 2.17. The quantitative estimate of drug-likeness (QED) is 0.699. The zero-order valence-corrected chi connectivity index (χ0v) is 8.66. The molecule has 1 aromatic carbocycles. The summed E-state index contributed by atoms with van der Waals surface area (Å²) >= 11 is 0. The van der Waals surface area contributed by atoms with Crippen molar-refractivity contribution >= 4 is 11.6 Å². The molecule has 1 aromatic rings. The van der Waals surface area contributed by atoms with Crippen LogP contribution in [0.5, 0.6) is 0 Å². The van der Waals surface area contributed by atoms with Gasteiger partial charge in [-0.3, -0.25) is 4.79 Å². The molecule has 0 spiro atoms. The maximum Gasteiger partial charge on any atom is 0.229 e. The molecule has 0 saturated heterocycles. The SMILES string of the molecule is Cc1cccc(N(C)C(=O)C2CC2)c1. The van der Waals surface area contributed by atoms with Gasteiger partial charge in [0.25, 0.3) is 0 Å². The van der Waals surface area contributed by atoms with Gasteiger partial charge in [-0.25, -0.2) is 0 Å². The van der Waals surface area contributed by atoms with Crippen LogP contribution in [0.15, 0.2) is 24.3 Å². The van der Waals surface area contributed by atoms with Gasteiger partial charge >= 0.3 is 0 Å². The first kappa shape index (κ1) is 9.25. The van der Waals surface area contributed by atoms with Gasteiger partial charge in [0.05, 0.1) is 0 Å². The predicted octanol–water partition coefficient (Wildman–Crippen LogP) is 2.37. The standard InChI is InChI=1S/C12H15NO/c1-9-4-3-5-11(8-9)13(2)12(14)10-6-7-10/h3-5,8,10H,6-7H2,1-2H3. The largest absolute Gasteiger partial charge is 0.315 e. The molecule has 74 valence electrons. The van der Waals surface area contributed by atoms with Crippen molar-refractivity contribution in [3.63, 3.8) is 0 Å². The van der Waals surface area contributed by atoms with E-state index in [0.717, 1.165) is 18.5 Å². The summed E-state index contributed by atoms with van der Waals surface area (Å²) in [4.78, 5) is 13.5. The van der Waals surface area contributed by atoms with E-state index in [9.17, 15) is 4.79 Å². The number of amides is 1. The Hall–Kier alpha value is -1.31. The molecule has 0 aliphatic heterocycles. The first-order valence-corrected chi connectivity index (χ1v) is 5.03. The lowest BCUT2D eigenvalue weighted by molar-refractivity contribution is -0.119. The normalized spacial score (nSPS) is 15.3. The van der Waals surface area contributed by atoms with E-state index in [4.69, 9.17) is 0 Å². The average Bonchev–Trinajstić information content (AvgIpc) is 2.99. The van der Waals surface area contributed by atoms with E-state index >= 15 is 0 Å². The molecular weight excluding hydrogens is 174 g/mol. The third kappa shape index (κ3) is 1.79. The molecule has 0 unspecified atom stereocenters. The van der Waals surface area contributed by atoms with Gasteiger partial charge in [-0.05, 0) is 37.5 Å². The lowest BCUT2D eigenvalue weighted by Gasteiger charge is -2.17. The number of anilines is 1. The number of rotatable bonds is 2. The summed E-state index contributed by atoms with van der Waals surface area (Å²) in [7, 11) is 1.86. The lowest BCUT2D eigenvalue weighted by atomic mass is 10.2. The Morgan fingerprint density at radius 3 is 2.71 bits per heavy atom. The van der Waals surface area contributed by atoms with E-state index < -0.39 is 0 Å². The molecule has 1 fully saturated rings. The molecule has 2 nitrogen and oxygen atoms in total. The lowest BCUT2D eigenvalue weighted by Crippen LogP contribution is -2.27. The molecule has 1 saturated carbocycles. The van der Waals surface area contributed by atoms with Crippen molar-refractivity contribution in [2.75, 3.05) is 11.9 Å². The van der Waals surface area contributed by atoms with Gasteiger partial charge < -0.3 is 4.90 Å². The summed E-state index contributed by atoms with van der Waals surface area (Å²) in [5.41, 5.74) is 2.19. The van der Waals surface area contributed by atoms with Crippen molar-refractivity contribution in [3.8, 4) is 0 Å². The minimum atomic E-state index is 0.260. The highest BCUT2D eigenvalue weighted by Crippen LogP contribution is 2.32. The Morgan fingerprint density at radius 1 is 1.43 bits per heavy atom. The maximum atomic E-state index is 11.7. The monoisotopic (exact) mass is 189 g/mol. The van der Waals surface area contributed by atoms with Gasteiger partial charge in [0.15, 0.2) is 0 Å². The molecule has 0 radical (unpaired) electrons. The van der Waals surface area contributed by atoms with Gasteiger partial charge in [0.2, 0.25) is 5.91 Å². The van der Waals surface area contributed by atoms with Gasteiger partial charge in [0.1, 0.15) is 0 Å². The van der Waals surface area contributed by atoms with Gasteiger partial charge in [-0.15, -0.1) is 0 Å². The summed E-state index contributed by atoms with van der Waals surface area (Å²) in [6.07, 6.45) is 2.13. The van der Waals surface area contributed by atoms with Crippen molar-refractivity contribution < 1.29 is 4.79 Å². The molecule has 14 heavy (non-hydrogen) atoms. The number of hydrogen-bond donors (Lipinski definition) is 0. The molecule has 1 aliphatic carbocycles. The van der Waals surface area contributed by atoms with Crippen LogP contribution in [-0.2, 0) is 4.79 Å². The van der Waals surface area contributed by atoms with Crippen molar-refractivity contribution in [1.29, 1.82) is 0 Å². The second-order valence-electron chi connectivity index (χ2n) is 4.01. The van der Waals surface area contributed by atoms with Crippen molar-refractivity contribution in [2.24, 2.45) is 5.92 Å². The highest BCUT2D eigenvalue weighted by atomic mass is 16.2. The molecule has 0 N–H and O–H groups in total. The minimum absolute atomic E-state index is 0.260. The van der Waals surface area contributed by atoms with Gasteiger partial charge in [-0.1, -0.05) is 12.1 Å². The van der Waals surface area contributed by atoms with Crippen LogP contribution in [0.2, 0.25) is 0 Å². The summed E-state index contributed by atoms with van der Waals surface area (Å²) < 4.78 is 0. The second-order valence-corrected chi connectivity index (χ2v) is 4.01. The van der Waals surface area contributed by atoms with Crippen molar-refractivity contribution in [2.45, 2.75) is 19.8 Å². The maximum absolute atomic E-state index is 11.7. The van der Waals surface area contributed by atoms with E-state index in [1.54, 1.807) is 4.90 Å². The predicted molar refractivity (Wildman–Crippen MR) is 57.3 cm³/mol. The molecule has 2 heteroatoms. The summed E-state index contributed by atoms with van der Waals surface area (Å²) in [5, 5.41) is 0. The smallest absolute Gasteiger partial charge is 0.229 e. The van der Waals surface area contributed by atoms with Crippen molar-refractivity contribution in [1.82, 2.24) is 0 Å². The van der Waals surface area contributed by atoms with E-state index in [2.05, 4.69) is 0 Å². The Labute approximate surface area is 84.5 Å². The molecule has 2 rings (SSSR count). The van der Waals surface area contributed by atoms with E-state index in [-0.39, 0.29) is 5.91 Å². The first-order chi connectivity index (χ1) is 6.68. The van der Waals surface area contributed by atoms with Gasteiger partial charge in [0, 0.05) is 18.7 Å². The van der Waals surface area contributed by atoms with Crippen LogP contribution in [0.4, 0.5) is 5.69 Å². The number of benzene rings is 1. The Bertz CT molecular complexity index is 355. The van der Waals surface area contributed by atoms with E-state index in [1.807, 2.05) is 38.2 Å². The van der Waals surface area contributed by atoms with Crippen molar-refractivity contribution in [3.05, 3.63) is 29.8 Å². The number of aryl methyl sites for hydroxylation is 1. The van der Waals surface area contributed by atoms with E-state index in [1.165, 1.54) is 5.56 Å². The fourth-order valence-corrected chi connectivity index (χ4v) is 1.57. The number of carbonyl (C=O) groups is 1. The average molecular weight is 189 g/mol. The summed E-state index contributed by atoms with van der Waals surface area (Å²) in [6.45, 7) is 2.04. The topological polar surface area (TPSA) is 20.3 Å². The number of carbonyl (C=O) groups excluding carboxylic acids is 1. The molecular formula is C12H15NO. The zero-order chi connectivity index (χ0) is 10.1. The van der Waals surface area contributed by atoms with Crippen LogP contribution in [0, 0.1) is 12.8 Å². The first-order valence-electron chi connectivity index (χ1n) is 5.03. The zero-order valence-electron chi connectivity index (χ0n) is 8.66. The Kier molecular flexibility index (Phi) is 2.28. The third-order valence-corrected chi connectivity index (χ3v) is 2.65. The highest BCUT2D eigenvalue weighted by Gasteiger charge is 2.32. The highest BCUT2D eigenvalue weighted by molar-refractivity contribution is 5.95. The molecule has 0 aromatic heterocycles. The number of nitrogens with zero attached hydrogens (tertiary/aromatic N) is 1. The van der Waals surface area contributed by atoms with Crippen LogP contribution in [-0.4, -0.2) is 13.0 Å². The van der Waals surface area contributed by atoms with Crippen LogP contribution >= 0.6 is 0 Å². The Morgan fingerprint density at radius 2 is 2.14 bits per heavy atom. The minimum Gasteiger partial charge on any atom is -0.315 e. The molecule has 0 bridgehead atoms. The molecule has 1 amide bonds. The molecule has 1 aliphatic rings. The second kappa shape index (κ2) is 3.45. The van der Waals surface area contributed by atoms with Crippen LogP contribution in [0.25, 0.3) is 0 Å². The molecule has 0 heterocycles.